The molecule has 0 amide bonds. The van der Waals surface area contributed by atoms with E-state index in [2.05, 4.69) is 163 Å². The molecule has 3 heteroatoms. The van der Waals surface area contributed by atoms with E-state index >= 15 is 0 Å². The van der Waals surface area contributed by atoms with Crippen LogP contribution in [0.25, 0.3) is 60.6 Å². The van der Waals surface area contributed by atoms with Crippen LogP contribution in [0.1, 0.15) is 77.6 Å². The standard InChI is InChI=1S/C45H41N2.Ir/c1-42(2)35-18-11-9-16-30(35)33-24-34-31-17-10-12-19-39(31)47(40(34)26-36(33)42)29-15-13-14-28(22-29)41-32-25-38-37(23-27(32)20-21-46-41)43(3,4)45(7,8)44(38,5)6;/h9-13,15-26H,1-8H3;/q-1;. The number of rotatable bonds is 2. The van der Waals surface area contributed by atoms with E-state index in [9.17, 15) is 0 Å². The van der Waals surface area contributed by atoms with Crippen molar-refractivity contribution in [1.29, 1.82) is 0 Å². The third kappa shape index (κ3) is 3.81. The maximum Gasteiger partial charge on any atom is 0.0527 e. The summed E-state index contributed by atoms with van der Waals surface area (Å²) < 4.78 is 2.44. The summed E-state index contributed by atoms with van der Waals surface area (Å²) in [4.78, 5) is 5.02. The first kappa shape index (κ1) is 31.2. The van der Waals surface area contributed by atoms with E-state index in [0.29, 0.717) is 0 Å². The maximum atomic E-state index is 5.02. The third-order valence-electron chi connectivity index (χ3n) is 13.0. The van der Waals surface area contributed by atoms with Gasteiger partial charge in [-0.1, -0.05) is 110 Å². The molecule has 0 aliphatic heterocycles. The fourth-order valence-electron chi connectivity index (χ4n) is 9.10. The van der Waals surface area contributed by atoms with Crippen molar-refractivity contribution in [2.75, 3.05) is 0 Å². The molecule has 0 N–H and O–H groups in total. The Morgan fingerprint density at radius 2 is 1.29 bits per heavy atom. The average Bonchev–Trinajstić information content (AvgIpc) is 3.54. The number of pyridine rings is 1. The second kappa shape index (κ2) is 10.0. The molecular formula is C45H41IrN2-. The van der Waals surface area contributed by atoms with Gasteiger partial charge >= 0.3 is 0 Å². The van der Waals surface area contributed by atoms with Gasteiger partial charge in [0.2, 0.25) is 0 Å². The molecule has 9 rings (SSSR count). The average molecular weight is 802 g/mol. The zero-order chi connectivity index (χ0) is 32.7. The normalized spacial score (nSPS) is 17.7. The van der Waals surface area contributed by atoms with Crippen LogP contribution in [0.3, 0.4) is 0 Å². The van der Waals surface area contributed by atoms with Crippen LogP contribution in [0.4, 0.5) is 0 Å². The van der Waals surface area contributed by atoms with Crippen molar-refractivity contribution in [2.45, 2.75) is 71.6 Å². The number of fused-ring (bicyclic) bond motifs is 8. The van der Waals surface area contributed by atoms with E-state index in [1.807, 2.05) is 6.20 Å². The van der Waals surface area contributed by atoms with Gasteiger partial charge in [-0.05, 0) is 96.0 Å². The van der Waals surface area contributed by atoms with Crippen LogP contribution in [0.5, 0.6) is 0 Å². The van der Waals surface area contributed by atoms with E-state index in [-0.39, 0.29) is 41.8 Å². The van der Waals surface area contributed by atoms with Crippen LogP contribution in [0.15, 0.2) is 103 Å². The molecule has 0 saturated carbocycles. The first-order valence-corrected chi connectivity index (χ1v) is 17.0. The summed E-state index contributed by atoms with van der Waals surface area (Å²) in [6, 6.07) is 39.8. The Morgan fingerprint density at radius 1 is 0.583 bits per heavy atom. The Bertz CT molecular complexity index is 2470. The smallest absolute Gasteiger partial charge is 0.0527 e. The Kier molecular flexibility index (Phi) is 6.51. The van der Waals surface area contributed by atoms with Crippen LogP contribution in [-0.2, 0) is 36.4 Å². The molecule has 7 aromatic rings. The molecular weight excluding hydrogens is 761 g/mol. The Hall–Kier alpha value is -4.04. The Labute approximate surface area is 297 Å². The Morgan fingerprint density at radius 3 is 2.08 bits per heavy atom. The molecule has 0 saturated heterocycles. The predicted octanol–water partition coefficient (Wildman–Crippen LogP) is 11.7. The molecule has 241 valence electrons. The minimum atomic E-state index is -0.0684. The zero-order valence-corrected chi connectivity index (χ0v) is 31.4. The third-order valence-corrected chi connectivity index (χ3v) is 13.0. The summed E-state index contributed by atoms with van der Waals surface area (Å²) in [5.41, 5.74) is 14.1. The van der Waals surface area contributed by atoms with E-state index < -0.39 is 0 Å². The molecule has 2 aromatic heterocycles. The molecule has 2 aliphatic rings. The summed E-state index contributed by atoms with van der Waals surface area (Å²) in [5, 5.41) is 4.99. The molecule has 0 fully saturated rings. The van der Waals surface area contributed by atoms with Crippen LogP contribution >= 0.6 is 0 Å². The quantitative estimate of drug-likeness (QED) is 0.159. The van der Waals surface area contributed by atoms with E-state index in [1.54, 1.807) is 0 Å². The second-order valence-electron chi connectivity index (χ2n) is 16.1. The van der Waals surface area contributed by atoms with Gasteiger partial charge in [-0.2, -0.15) is 0 Å². The van der Waals surface area contributed by atoms with Gasteiger partial charge in [0, 0.05) is 42.5 Å². The van der Waals surface area contributed by atoms with Crippen molar-refractivity contribution in [3.05, 3.63) is 132 Å². The molecule has 0 bridgehead atoms. The van der Waals surface area contributed by atoms with Gasteiger partial charge in [-0.15, -0.1) is 29.8 Å². The number of benzene rings is 5. The van der Waals surface area contributed by atoms with Gasteiger partial charge in [0.1, 0.15) is 0 Å². The largest absolute Gasteiger partial charge is 0.327 e. The monoisotopic (exact) mass is 802 g/mol. The minimum absolute atomic E-state index is 0. The van der Waals surface area contributed by atoms with Gasteiger partial charge in [0.05, 0.1) is 11.0 Å². The number of para-hydroxylation sites is 1. The fourth-order valence-corrected chi connectivity index (χ4v) is 9.10. The molecule has 2 nitrogen and oxygen atoms in total. The summed E-state index contributed by atoms with van der Waals surface area (Å²) in [6.45, 7) is 19.2. The van der Waals surface area contributed by atoms with Gasteiger partial charge < -0.3 is 9.55 Å². The molecule has 0 unspecified atom stereocenters. The van der Waals surface area contributed by atoms with Crippen molar-refractivity contribution in [3.63, 3.8) is 0 Å². The summed E-state index contributed by atoms with van der Waals surface area (Å²) >= 11 is 0. The summed E-state index contributed by atoms with van der Waals surface area (Å²) in [7, 11) is 0. The minimum Gasteiger partial charge on any atom is -0.327 e. The molecule has 0 spiro atoms. The Balaban J connectivity index is 0.00000336. The second-order valence-corrected chi connectivity index (χ2v) is 16.1. The van der Waals surface area contributed by atoms with Gasteiger partial charge in [0.25, 0.3) is 0 Å². The number of hydrogen-bond donors (Lipinski definition) is 0. The van der Waals surface area contributed by atoms with Crippen LogP contribution in [0, 0.1) is 11.5 Å². The number of nitrogens with zero attached hydrogens (tertiary/aromatic N) is 2. The van der Waals surface area contributed by atoms with E-state index in [4.69, 9.17) is 4.98 Å². The van der Waals surface area contributed by atoms with Crippen molar-refractivity contribution >= 4 is 32.6 Å². The summed E-state index contributed by atoms with van der Waals surface area (Å²) in [6.07, 6.45) is 1.96. The van der Waals surface area contributed by atoms with E-state index in [0.717, 1.165) is 16.9 Å². The predicted molar refractivity (Wildman–Crippen MR) is 198 cm³/mol. The topological polar surface area (TPSA) is 17.8 Å². The van der Waals surface area contributed by atoms with Crippen molar-refractivity contribution < 1.29 is 20.1 Å². The first-order valence-electron chi connectivity index (χ1n) is 17.0. The molecule has 0 atom stereocenters. The van der Waals surface area contributed by atoms with Crippen LogP contribution in [-0.4, -0.2) is 9.55 Å². The number of aromatic nitrogens is 2. The zero-order valence-electron chi connectivity index (χ0n) is 29.0. The maximum absolute atomic E-state index is 5.02. The molecule has 1 radical (unpaired) electrons. The first-order chi connectivity index (χ1) is 22.3. The van der Waals surface area contributed by atoms with Crippen LogP contribution < -0.4 is 0 Å². The van der Waals surface area contributed by atoms with Crippen molar-refractivity contribution in [2.24, 2.45) is 5.41 Å². The summed E-state index contributed by atoms with van der Waals surface area (Å²) in [5.74, 6) is 0. The number of hydrogen-bond acceptors (Lipinski definition) is 1. The molecule has 2 heterocycles. The van der Waals surface area contributed by atoms with Crippen molar-refractivity contribution in [3.8, 4) is 28.1 Å². The van der Waals surface area contributed by atoms with Gasteiger partial charge in [-0.3, -0.25) is 0 Å². The SMILES string of the molecule is CC1(C)c2ccccc2-c2cc3c4ccccc4n(-c4cc[c-]c(-c5nccc6cc7c(cc56)C(C)(C)C(C)(C)C7(C)C)c4)c3cc21.[Ir]. The molecule has 5 aromatic carbocycles. The molecule has 2 aliphatic carbocycles. The van der Waals surface area contributed by atoms with Crippen molar-refractivity contribution in [1.82, 2.24) is 9.55 Å². The van der Waals surface area contributed by atoms with Gasteiger partial charge in [0.15, 0.2) is 0 Å². The van der Waals surface area contributed by atoms with Crippen LogP contribution in [0.2, 0.25) is 0 Å². The molecule has 48 heavy (non-hydrogen) atoms. The van der Waals surface area contributed by atoms with E-state index in [1.165, 1.54) is 66.0 Å². The van der Waals surface area contributed by atoms with Gasteiger partial charge in [-0.25, -0.2) is 0 Å². The fraction of sp³-hybridized carbons (Fsp3) is 0.267.